The lowest BCUT2D eigenvalue weighted by atomic mass is 10.1. The SMILES string of the molecule is O=[N+]([O-])c1ccccc1C[NH+]1CC[NH+](Cc2ccccc2)CC1. The Labute approximate surface area is 136 Å². The van der Waals surface area contributed by atoms with E-state index < -0.39 is 0 Å². The molecular formula is C18H23N3O2+2. The second-order valence-corrected chi connectivity index (χ2v) is 6.22. The minimum absolute atomic E-state index is 0.249. The van der Waals surface area contributed by atoms with Crippen molar-refractivity contribution in [1.82, 2.24) is 0 Å². The van der Waals surface area contributed by atoms with Crippen molar-refractivity contribution in [3.63, 3.8) is 0 Å². The molecular weight excluding hydrogens is 290 g/mol. The molecule has 0 amide bonds. The van der Waals surface area contributed by atoms with Crippen molar-refractivity contribution in [3.8, 4) is 0 Å². The molecule has 5 nitrogen and oxygen atoms in total. The number of rotatable bonds is 5. The maximum absolute atomic E-state index is 11.1. The van der Waals surface area contributed by atoms with Gasteiger partial charge >= 0.3 is 0 Å². The van der Waals surface area contributed by atoms with Gasteiger partial charge in [0.15, 0.2) is 0 Å². The molecule has 0 atom stereocenters. The zero-order chi connectivity index (χ0) is 16.1. The predicted octanol–water partition coefficient (Wildman–Crippen LogP) is 0.0784. The highest BCUT2D eigenvalue weighted by Crippen LogP contribution is 2.16. The van der Waals surface area contributed by atoms with Gasteiger partial charge in [-0.15, -0.1) is 0 Å². The van der Waals surface area contributed by atoms with Crippen LogP contribution in [0.15, 0.2) is 54.6 Å². The standard InChI is InChI=1S/C18H21N3O2/c22-21(23)18-9-5-4-8-17(18)15-20-12-10-19(11-13-20)14-16-6-2-1-3-7-16/h1-9H,10-15H2/p+2. The van der Waals surface area contributed by atoms with Crippen molar-refractivity contribution >= 4 is 5.69 Å². The molecule has 0 radical (unpaired) electrons. The Morgan fingerprint density at radius 2 is 1.39 bits per heavy atom. The van der Waals surface area contributed by atoms with Crippen LogP contribution >= 0.6 is 0 Å². The Morgan fingerprint density at radius 1 is 0.826 bits per heavy atom. The van der Waals surface area contributed by atoms with Crippen molar-refractivity contribution in [2.75, 3.05) is 26.2 Å². The number of piperazine rings is 1. The fraction of sp³-hybridized carbons (Fsp3) is 0.333. The average molecular weight is 313 g/mol. The topological polar surface area (TPSA) is 52.0 Å². The van der Waals surface area contributed by atoms with Gasteiger partial charge in [-0.2, -0.15) is 0 Å². The van der Waals surface area contributed by atoms with Crippen LogP contribution in [0.25, 0.3) is 0 Å². The summed E-state index contributed by atoms with van der Waals surface area (Å²) in [5.41, 5.74) is 2.47. The molecule has 1 saturated heterocycles. The first-order valence-corrected chi connectivity index (χ1v) is 8.16. The Kier molecular flexibility index (Phi) is 5.00. The molecule has 0 spiro atoms. The van der Waals surface area contributed by atoms with Crippen LogP contribution in [0.1, 0.15) is 11.1 Å². The maximum atomic E-state index is 11.1. The number of quaternary nitrogens is 2. The Bertz CT molecular complexity index is 652. The predicted molar refractivity (Wildman–Crippen MR) is 88.3 cm³/mol. The zero-order valence-electron chi connectivity index (χ0n) is 13.2. The van der Waals surface area contributed by atoms with Crippen LogP contribution in [-0.4, -0.2) is 31.1 Å². The van der Waals surface area contributed by atoms with E-state index in [4.69, 9.17) is 0 Å². The number of para-hydroxylation sites is 1. The monoisotopic (exact) mass is 313 g/mol. The second kappa shape index (κ2) is 7.35. The Balaban J connectivity index is 1.54. The number of hydrogen-bond acceptors (Lipinski definition) is 2. The van der Waals surface area contributed by atoms with Crippen molar-refractivity contribution in [2.24, 2.45) is 0 Å². The van der Waals surface area contributed by atoms with E-state index in [1.54, 1.807) is 17.0 Å². The molecule has 2 N–H and O–H groups in total. The van der Waals surface area contributed by atoms with Crippen LogP contribution in [-0.2, 0) is 13.1 Å². The van der Waals surface area contributed by atoms with E-state index in [-0.39, 0.29) is 10.6 Å². The summed E-state index contributed by atoms with van der Waals surface area (Å²) in [5.74, 6) is 0. The summed E-state index contributed by atoms with van der Waals surface area (Å²) >= 11 is 0. The fourth-order valence-electron chi connectivity index (χ4n) is 3.30. The van der Waals surface area contributed by atoms with Gasteiger partial charge in [-0.25, -0.2) is 0 Å². The Hall–Kier alpha value is -2.24. The summed E-state index contributed by atoms with van der Waals surface area (Å²) in [6.45, 7) is 6.17. The van der Waals surface area contributed by atoms with E-state index in [1.807, 2.05) is 18.2 Å². The molecule has 1 aliphatic rings. The lowest BCUT2D eigenvalue weighted by Gasteiger charge is -2.29. The van der Waals surface area contributed by atoms with Gasteiger partial charge in [0, 0.05) is 11.6 Å². The van der Waals surface area contributed by atoms with Gasteiger partial charge in [0.2, 0.25) is 0 Å². The molecule has 0 aromatic heterocycles. The largest absolute Gasteiger partial charge is 0.322 e. The first-order chi connectivity index (χ1) is 11.2. The molecule has 3 rings (SSSR count). The summed E-state index contributed by atoms with van der Waals surface area (Å²) in [4.78, 5) is 13.9. The van der Waals surface area contributed by atoms with Gasteiger partial charge in [-0.3, -0.25) is 10.1 Å². The highest BCUT2D eigenvalue weighted by molar-refractivity contribution is 5.39. The quantitative estimate of drug-likeness (QED) is 0.607. The van der Waals surface area contributed by atoms with E-state index in [0.717, 1.165) is 44.8 Å². The van der Waals surface area contributed by atoms with E-state index in [2.05, 4.69) is 24.3 Å². The maximum Gasteiger partial charge on any atom is 0.278 e. The van der Waals surface area contributed by atoms with Crippen LogP contribution in [0.3, 0.4) is 0 Å². The first kappa shape index (κ1) is 15.6. The zero-order valence-corrected chi connectivity index (χ0v) is 13.2. The molecule has 5 heteroatoms. The third kappa shape index (κ3) is 4.15. The van der Waals surface area contributed by atoms with Crippen LogP contribution in [0.5, 0.6) is 0 Å². The van der Waals surface area contributed by atoms with Gasteiger partial charge in [0.1, 0.15) is 39.3 Å². The normalized spacial score (nSPS) is 21.0. The first-order valence-electron chi connectivity index (χ1n) is 8.16. The minimum atomic E-state index is -0.272. The molecule has 0 unspecified atom stereocenters. The molecule has 2 aromatic carbocycles. The van der Waals surface area contributed by atoms with Crippen LogP contribution < -0.4 is 9.80 Å². The number of nitro benzene ring substituents is 1. The summed E-state index contributed by atoms with van der Waals surface area (Å²) in [6.07, 6.45) is 0. The number of benzene rings is 2. The molecule has 1 aliphatic heterocycles. The van der Waals surface area contributed by atoms with E-state index >= 15 is 0 Å². The van der Waals surface area contributed by atoms with Gasteiger partial charge in [0.05, 0.1) is 10.5 Å². The molecule has 0 aliphatic carbocycles. The lowest BCUT2D eigenvalue weighted by Crippen LogP contribution is -3.27. The Morgan fingerprint density at radius 3 is 2.04 bits per heavy atom. The molecule has 120 valence electrons. The molecule has 23 heavy (non-hydrogen) atoms. The molecule has 1 heterocycles. The van der Waals surface area contributed by atoms with Crippen LogP contribution in [0, 0.1) is 10.1 Å². The van der Waals surface area contributed by atoms with Gasteiger partial charge in [-0.05, 0) is 6.07 Å². The number of nitro groups is 1. The molecule has 0 saturated carbocycles. The van der Waals surface area contributed by atoms with Gasteiger partial charge in [-0.1, -0.05) is 42.5 Å². The van der Waals surface area contributed by atoms with Crippen molar-refractivity contribution in [1.29, 1.82) is 0 Å². The molecule has 2 aromatic rings. The third-order valence-corrected chi connectivity index (χ3v) is 4.59. The van der Waals surface area contributed by atoms with Crippen LogP contribution in [0.2, 0.25) is 0 Å². The lowest BCUT2D eigenvalue weighted by molar-refractivity contribution is -1.02. The fourth-order valence-corrected chi connectivity index (χ4v) is 3.30. The number of hydrogen-bond donors (Lipinski definition) is 2. The van der Waals surface area contributed by atoms with E-state index in [1.165, 1.54) is 10.5 Å². The summed E-state index contributed by atoms with van der Waals surface area (Å²) in [6, 6.07) is 17.7. The minimum Gasteiger partial charge on any atom is -0.322 e. The number of nitrogens with one attached hydrogen (secondary N) is 2. The summed E-state index contributed by atoms with van der Waals surface area (Å²) < 4.78 is 0. The van der Waals surface area contributed by atoms with Crippen molar-refractivity contribution in [3.05, 3.63) is 75.8 Å². The van der Waals surface area contributed by atoms with E-state index in [9.17, 15) is 10.1 Å². The van der Waals surface area contributed by atoms with Gasteiger partial charge < -0.3 is 9.80 Å². The summed E-state index contributed by atoms with van der Waals surface area (Å²) in [7, 11) is 0. The highest BCUT2D eigenvalue weighted by Gasteiger charge is 2.25. The van der Waals surface area contributed by atoms with Crippen LogP contribution in [0.4, 0.5) is 5.69 Å². The highest BCUT2D eigenvalue weighted by atomic mass is 16.6. The molecule has 1 fully saturated rings. The van der Waals surface area contributed by atoms with Gasteiger partial charge in [0.25, 0.3) is 5.69 Å². The molecule has 0 bridgehead atoms. The second-order valence-electron chi connectivity index (χ2n) is 6.22. The average Bonchev–Trinajstić information content (AvgIpc) is 2.58. The van der Waals surface area contributed by atoms with E-state index in [0.29, 0.717) is 0 Å². The third-order valence-electron chi connectivity index (χ3n) is 4.59. The number of nitrogens with zero attached hydrogens (tertiary/aromatic N) is 1. The van der Waals surface area contributed by atoms with Crippen molar-refractivity contribution in [2.45, 2.75) is 13.1 Å². The smallest absolute Gasteiger partial charge is 0.278 e. The summed E-state index contributed by atoms with van der Waals surface area (Å²) in [5, 5.41) is 11.1. The van der Waals surface area contributed by atoms with Crippen molar-refractivity contribution < 1.29 is 14.7 Å².